The number of hydrogen-bond donors (Lipinski definition) is 1. The summed E-state index contributed by atoms with van der Waals surface area (Å²) >= 11 is 0. The molecule has 0 heterocycles. The third-order valence-corrected chi connectivity index (χ3v) is 16.1. The number of carboxylic acids is 1. The first-order valence-corrected chi connectivity index (χ1v) is 38.0. The van der Waals surface area contributed by atoms with E-state index in [9.17, 15) is 19.5 Å². The van der Waals surface area contributed by atoms with Crippen molar-refractivity contribution in [1.29, 1.82) is 0 Å². The summed E-state index contributed by atoms with van der Waals surface area (Å²) in [7, 11) is 5.98. The van der Waals surface area contributed by atoms with Crippen molar-refractivity contribution in [3.63, 3.8) is 0 Å². The van der Waals surface area contributed by atoms with Crippen molar-refractivity contribution in [3.8, 4) is 0 Å². The Morgan fingerprint density at radius 2 is 0.581 bits per heavy atom. The Labute approximate surface area is 572 Å². The molecule has 0 aromatic carbocycles. The molecule has 0 radical (unpaired) electrons. The maximum atomic E-state index is 13.0. The molecule has 0 fully saturated rings. The fourth-order valence-electron chi connectivity index (χ4n) is 10.4. The summed E-state index contributed by atoms with van der Waals surface area (Å²) in [5.74, 6) is -2.00. The van der Waals surface area contributed by atoms with Gasteiger partial charge in [-0.2, -0.15) is 0 Å². The van der Waals surface area contributed by atoms with Crippen LogP contribution in [0.4, 0.5) is 0 Å². The van der Waals surface area contributed by atoms with Crippen LogP contribution >= 0.6 is 0 Å². The molecule has 93 heavy (non-hydrogen) atoms. The number of ether oxygens (including phenoxy) is 4. The maximum Gasteiger partial charge on any atom is 0.361 e. The number of likely N-dealkylation sites (N-methyl/N-ethyl adjacent to an activating group) is 1. The number of allylic oxidation sites excluding steroid dienone is 24. The van der Waals surface area contributed by atoms with Gasteiger partial charge in [0.1, 0.15) is 13.2 Å². The van der Waals surface area contributed by atoms with Crippen LogP contribution < -0.4 is 0 Å². The molecule has 2 atom stereocenters. The number of unbranched alkanes of at least 4 members (excludes halogenated alkanes) is 30. The standard InChI is InChI=1S/C84H141NO8/c1-6-8-10-12-14-16-18-20-22-24-26-28-30-32-34-36-37-38-39-40-41-42-43-44-45-47-49-51-53-55-57-59-61-63-65-67-69-71-73-75-82(87)93-80(79-92-84(83(88)89)90-77-76-85(3,4)5)78-91-81(86)74-72-70-68-66-64-62-60-58-56-54-52-50-48-46-35-33-31-29-27-25-23-21-19-17-15-13-11-9-7-2/h8-11,14-17,20-23,26-29,32,34,37-38,40-41,43-44,80,84H,6-7,12-13,18-19,24-25,30-31,33,35-36,39,42,45-79H2,1-5H3/p+1/b10-8-,11-9-,16-14-,17-15-,22-20-,23-21-,28-26-,29-27-,34-32-,38-37-,41-40-,44-43-. The van der Waals surface area contributed by atoms with E-state index in [1.54, 1.807) is 0 Å². The average molecular weight is 1290 g/mol. The van der Waals surface area contributed by atoms with E-state index in [0.29, 0.717) is 23.9 Å². The zero-order valence-electron chi connectivity index (χ0n) is 60.6. The van der Waals surface area contributed by atoms with Gasteiger partial charge in [0.05, 0.1) is 34.4 Å². The lowest BCUT2D eigenvalue weighted by Crippen LogP contribution is -2.40. The van der Waals surface area contributed by atoms with E-state index >= 15 is 0 Å². The lowest BCUT2D eigenvalue weighted by atomic mass is 10.0. The fraction of sp³-hybridized carbons (Fsp3) is 0.679. The minimum Gasteiger partial charge on any atom is -0.477 e. The summed E-state index contributed by atoms with van der Waals surface area (Å²) in [5.41, 5.74) is 0. The van der Waals surface area contributed by atoms with E-state index < -0.39 is 24.3 Å². The number of quaternary nitrogens is 1. The van der Waals surface area contributed by atoms with Gasteiger partial charge in [0.2, 0.25) is 0 Å². The molecule has 530 valence electrons. The molecular weight excluding hydrogens is 1150 g/mol. The molecule has 0 aromatic heterocycles. The quantitative estimate of drug-likeness (QED) is 0.0211. The van der Waals surface area contributed by atoms with Gasteiger partial charge in [-0.05, 0) is 116 Å². The molecule has 9 nitrogen and oxygen atoms in total. The van der Waals surface area contributed by atoms with Crippen LogP contribution in [0.25, 0.3) is 0 Å². The molecule has 0 spiro atoms. The first kappa shape index (κ1) is 88.2. The molecule has 2 unspecified atom stereocenters. The predicted octanol–water partition coefficient (Wildman–Crippen LogP) is 24.3. The third kappa shape index (κ3) is 74.4. The van der Waals surface area contributed by atoms with Crippen LogP contribution in [0.2, 0.25) is 0 Å². The van der Waals surface area contributed by atoms with Crippen LogP contribution in [0.5, 0.6) is 0 Å². The molecule has 1 N–H and O–H groups in total. The van der Waals surface area contributed by atoms with Gasteiger partial charge in [0.25, 0.3) is 6.29 Å². The Morgan fingerprint density at radius 1 is 0.323 bits per heavy atom. The molecule has 0 aromatic rings. The highest BCUT2D eigenvalue weighted by Crippen LogP contribution is 2.18. The van der Waals surface area contributed by atoms with Gasteiger partial charge in [-0.15, -0.1) is 0 Å². The highest BCUT2D eigenvalue weighted by Gasteiger charge is 2.25. The molecule has 0 aliphatic carbocycles. The van der Waals surface area contributed by atoms with Crippen molar-refractivity contribution in [1.82, 2.24) is 0 Å². The number of carboxylic acid groups (broad SMARTS) is 1. The summed E-state index contributed by atoms with van der Waals surface area (Å²) in [6.07, 6.45) is 104. The van der Waals surface area contributed by atoms with Crippen molar-refractivity contribution in [2.45, 2.75) is 322 Å². The van der Waals surface area contributed by atoms with E-state index in [0.717, 1.165) is 116 Å². The molecule has 0 aliphatic heterocycles. The summed E-state index contributed by atoms with van der Waals surface area (Å²) in [5, 5.41) is 9.77. The molecule has 0 saturated carbocycles. The third-order valence-electron chi connectivity index (χ3n) is 16.1. The highest BCUT2D eigenvalue weighted by molar-refractivity contribution is 5.71. The number of aliphatic carboxylic acids is 1. The number of nitrogens with zero attached hydrogens (tertiary/aromatic N) is 1. The molecule has 0 rings (SSSR count). The summed E-state index contributed by atoms with van der Waals surface area (Å²) in [6, 6.07) is 0. The molecular formula is C84H142NO8+. The summed E-state index contributed by atoms with van der Waals surface area (Å²) in [6.45, 7) is 4.67. The fourth-order valence-corrected chi connectivity index (χ4v) is 10.4. The lowest BCUT2D eigenvalue weighted by molar-refractivity contribution is -0.870. The van der Waals surface area contributed by atoms with Crippen molar-refractivity contribution in [2.75, 3.05) is 47.5 Å². The van der Waals surface area contributed by atoms with Gasteiger partial charge in [-0.3, -0.25) is 9.59 Å². The van der Waals surface area contributed by atoms with E-state index in [-0.39, 0.29) is 32.2 Å². The Kier molecular flexibility index (Phi) is 69.2. The van der Waals surface area contributed by atoms with Gasteiger partial charge in [0, 0.05) is 12.8 Å². The molecule has 0 bridgehead atoms. The molecule has 0 saturated heterocycles. The number of carbonyl (C=O) groups is 3. The normalized spacial score (nSPS) is 13.5. The Balaban J connectivity index is 4.08. The number of hydrogen-bond acceptors (Lipinski definition) is 7. The Hall–Kier alpha value is -4.83. The predicted molar refractivity (Wildman–Crippen MR) is 400 cm³/mol. The summed E-state index contributed by atoms with van der Waals surface area (Å²) < 4.78 is 23.0. The minimum atomic E-state index is -1.52. The Morgan fingerprint density at radius 3 is 0.860 bits per heavy atom. The van der Waals surface area contributed by atoms with Crippen molar-refractivity contribution >= 4 is 17.9 Å². The zero-order valence-corrected chi connectivity index (χ0v) is 60.6. The second-order valence-electron chi connectivity index (χ2n) is 26.2. The lowest BCUT2D eigenvalue weighted by Gasteiger charge is -2.25. The highest BCUT2D eigenvalue weighted by atomic mass is 16.7. The smallest absolute Gasteiger partial charge is 0.361 e. The van der Waals surface area contributed by atoms with Crippen LogP contribution in [0.3, 0.4) is 0 Å². The monoisotopic (exact) mass is 1290 g/mol. The van der Waals surface area contributed by atoms with Crippen molar-refractivity contribution in [2.24, 2.45) is 0 Å². The van der Waals surface area contributed by atoms with Crippen molar-refractivity contribution in [3.05, 3.63) is 146 Å². The number of carbonyl (C=O) groups excluding carboxylic acids is 2. The van der Waals surface area contributed by atoms with E-state index in [2.05, 4.69) is 160 Å². The van der Waals surface area contributed by atoms with Crippen LogP contribution in [-0.4, -0.2) is 87.4 Å². The number of esters is 2. The van der Waals surface area contributed by atoms with Crippen LogP contribution in [0, 0.1) is 0 Å². The van der Waals surface area contributed by atoms with Gasteiger partial charge in [0.15, 0.2) is 6.10 Å². The van der Waals surface area contributed by atoms with Gasteiger partial charge in [-0.1, -0.05) is 327 Å². The average Bonchev–Trinajstić information content (AvgIpc) is 3.38. The molecule has 9 heteroatoms. The van der Waals surface area contributed by atoms with Gasteiger partial charge in [-0.25, -0.2) is 4.79 Å². The number of rotatable bonds is 69. The van der Waals surface area contributed by atoms with E-state index in [1.807, 2.05) is 21.1 Å². The second kappa shape index (κ2) is 73.0. The minimum absolute atomic E-state index is 0.183. The summed E-state index contributed by atoms with van der Waals surface area (Å²) in [4.78, 5) is 37.7. The Bertz CT molecular complexity index is 2040. The maximum absolute atomic E-state index is 13.0. The molecule has 0 amide bonds. The largest absolute Gasteiger partial charge is 0.477 e. The van der Waals surface area contributed by atoms with Gasteiger partial charge < -0.3 is 28.5 Å². The van der Waals surface area contributed by atoms with E-state index in [4.69, 9.17) is 18.9 Å². The zero-order chi connectivity index (χ0) is 67.5. The first-order chi connectivity index (χ1) is 45.6. The van der Waals surface area contributed by atoms with Crippen LogP contribution in [-0.2, 0) is 33.3 Å². The van der Waals surface area contributed by atoms with Crippen molar-refractivity contribution < 1.29 is 42.9 Å². The first-order valence-electron chi connectivity index (χ1n) is 38.0. The molecule has 0 aliphatic rings. The van der Waals surface area contributed by atoms with Gasteiger partial charge >= 0.3 is 17.9 Å². The SMILES string of the molecule is CC/C=C\C/C=C\C/C=C\C/C=C\C/C=C\C/C=C\C/C=C\C/C=C\CCCCCCCCCCCCCCCCC(=O)OC(COC(=O)CCCCCCCCCCCCCCCCCC/C=C\C/C=C\C/C=C\C/C=C\CC)COC(OCC[N+](C)(C)C)C(=O)O. The van der Waals surface area contributed by atoms with E-state index in [1.165, 1.54) is 161 Å². The topological polar surface area (TPSA) is 108 Å². The van der Waals surface area contributed by atoms with Crippen LogP contribution in [0.15, 0.2) is 146 Å². The van der Waals surface area contributed by atoms with Crippen LogP contribution in [0.1, 0.15) is 309 Å². The second-order valence-corrected chi connectivity index (χ2v) is 26.2.